The minimum absolute atomic E-state index is 0.0228. The molecule has 0 aliphatic carbocycles. The zero-order valence-electron chi connectivity index (χ0n) is 12.6. The number of carboxylic acids is 1. The van der Waals surface area contributed by atoms with Crippen molar-refractivity contribution in [1.82, 2.24) is 10.6 Å². The average Bonchev–Trinajstić information content (AvgIpc) is 2.34. The first kappa shape index (κ1) is 16.9. The lowest BCUT2D eigenvalue weighted by Crippen LogP contribution is -2.45. The number of aliphatic carboxylic acids is 1. The van der Waals surface area contributed by atoms with Crippen molar-refractivity contribution < 1.29 is 19.4 Å². The van der Waals surface area contributed by atoms with Gasteiger partial charge in [-0.15, -0.1) is 0 Å². The summed E-state index contributed by atoms with van der Waals surface area (Å²) in [4.78, 5) is 23.0. The summed E-state index contributed by atoms with van der Waals surface area (Å²) in [6, 6.07) is 0.0228. The molecule has 1 saturated heterocycles. The quantitative estimate of drug-likeness (QED) is 0.666. The number of amides is 1. The van der Waals surface area contributed by atoms with Gasteiger partial charge in [0, 0.05) is 25.6 Å². The Morgan fingerprint density at radius 1 is 1.45 bits per heavy atom. The molecule has 2 atom stereocenters. The number of rotatable bonds is 6. The molecular formula is C14H26N2O4. The molecular weight excluding hydrogens is 260 g/mol. The van der Waals surface area contributed by atoms with E-state index in [9.17, 15) is 14.7 Å². The van der Waals surface area contributed by atoms with Gasteiger partial charge in [-0.05, 0) is 11.8 Å². The van der Waals surface area contributed by atoms with Gasteiger partial charge in [-0.2, -0.15) is 0 Å². The van der Waals surface area contributed by atoms with E-state index < -0.39 is 11.9 Å². The first-order valence-electron chi connectivity index (χ1n) is 7.08. The van der Waals surface area contributed by atoms with E-state index in [0.717, 1.165) is 6.54 Å². The van der Waals surface area contributed by atoms with E-state index in [4.69, 9.17) is 4.74 Å². The summed E-state index contributed by atoms with van der Waals surface area (Å²) >= 11 is 0. The monoisotopic (exact) mass is 286 g/mol. The van der Waals surface area contributed by atoms with Gasteiger partial charge in [0.2, 0.25) is 5.91 Å². The SMILES string of the molecule is CC(C)(C)CC(CNC(=O)CC1COCCN1)C(=O)O. The Balaban J connectivity index is 2.34. The van der Waals surface area contributed by atoms with Gasteiger partial charge >= 0.3 is 5.97 Å². The lowest BCUT2D eigenvalue weighted by Gasteiger charge is -2.25. The summed E-state index contributed by atoms with van der Waals surface area (Å²) in [5, 5.41) is 15.1. The molecule has 1 rings (SSSR count). The molecule has 0 aromatic rings. The Morgan fingerprint density at radius 3 is 2.65 bits per heavy atom. The van der Waals surface area contributed by atoms with Crippen LogP contribution >= 0.6 is 0 Å². The van der Waals surface area contributed by atoms with Crippen LogP contribution < -0.4 is 10.6 Å². The largest absolute Gasteiger partial charge is 0.481 e. The van der Waals surface area contributed by atoms with Gasteiger partial charge in [0.1, 0.15) is 0 Å². The molecule has 0 bridgehead atoms. The lowest BCUT2D eigenvalue weighted by atomic mass is 9.84. The maximum absolute atomic E-state index is 11.8. The van der Waals surface area contributed by atoms with Crippen molar-refractivity contribution >= 4 is 11.9 Å². The standard InChI is InChI=1S/C14H26N2O4/c1-14(2,3)7-10(13(18)19)8-16-12(17)6-11-9-20-5-4-15-11/h10-11,15H,4-9H2,1-3H3,(H,16,17)(H,18,19). The fraction of sp³-hybridized carbons (Fsp3) is 0.857. The number of carboxylic acid groups (broad SMARTS) is 1. The van der Waals surface area contributed by atoms with Crippen molar-refractivity contribution in [2.45, 2.75) is 39.7 Å². The van der Waals surface area contributed by atoms with Crippen LogP contribution in [0.5, 0.6) is 0 Å². The number of ether oxygens (including phenoxy) is 1. The molecule has 116 valence electrons. The number of nitrogens with one attached hydrogen (secondary N) is 2. The van der Waals surface area contributed by atoms with Gasteiger partial charge in [-0.25, -0.2) is 0 Å². The molecule has 0 radical (unpaired) electrons. The van der Waals surface area contributed by atoms with Crippen LogP contribution in [0, 0.1) is 11.3 Å². The van der Waals surface area contributed by atoms with Crippen LogP contribution in [0.4, 0.5) is 0 Å². The Hall–Kier alpha value is -1.14. The van der Waals surface area contributed by atoms with E-state index in [2.05, 4.69) is 10.6 Å². The number of carbonyl (C=O) groups is 2. The molecule has 2 unspecified atom stereocenters. The molecule has 6 nitrogen and oxygen atoms in total. The van der Waals surface area contributed by atoms with Gasteiger partial charge in [0.05, 0.1) is 19.1 Å². The highest BCUT2D eigenvalue weighted by atomic mass is 16.5. The summed E-state index contributed by atoms with van der Waals surface area (Å²) in [6.45, 7) is 8.11. The van der Waals surface area contributed by atoms with Gasteiger partial charge in [0.25, 0.3) is 0 Å². The Labute approximate surface area is 120 Å². The highest BCUT2D eigenvalue weighted by Gasteiger charge is 2.25. The first-order valence-corrected chi connectivity index (χ1v) is 7.08. The van der Waals surface area contributed by atoms with E-state index in [1.165, 1.54) is 0 Å². The second-order valence-corrected chi connectivity index (χ2v) is 6.53. The van der Waals surface area contributed by atoms with E-state index >= 15 is 0 Å². The highest BCUT2D eigenvalue weighted by molar-refractivity contribution is 5.78. The number of hydrogen-bond donors (Lipinski definition) is 3. The van der Waals surface area contributed by atoms with Crippen LogP contribution in [-0.4, -0.2) is 49.3 Å². The zero-order valence-corrected chi connectivity index (χ0v) is 12.6. The molecule has 3 N–H and O–H groups in total. The van der Waals surface area contributed by atoms with Crippen LogP contribution in [0.2, 0.25) is 0 Å². The third kappa shape index (κ3) is 6.86. The van der Waals surface area contributed by atoms with Crippen molar-refractivity contribution in [3.8, 4) is 0 Å². The van der Waals surface area contributed by atoms with E-state index in [1.807, 2.05) is 20.8 Å². The van der Waals surface area contributed by atoms with Gasteiger partial charge in [0.15, 0.2) is 0 Å². The molecule has 0 spiro atoms. The van der Waals surface area contributed by atoms with Crippen LogP contribution in [0.25, 0.3) is 0 Å². The molecule has 1 aliphatic heterocycles. The molecule has 0 aromatic heterocycles. The summed E-state index contributed by atoms with van der Waals surface area (Å²) < 4.78 is 5.28. The number of morpholine rings is 1. The van der Waals surface area contributed by atoms with Crippen LogP contribution in [0.15, 0.2) is 0 Å². The summed E-state index contributed by atoms with van der Waals surface area (Å²) in [5.41, 5.74) is -0.0768. The Morgan fingerprint density at radius 2 is 2.15 bits per heavy atom. The average molecular weight is 286 g/mol. The van der Waals surface area contributed by atoms with Crippen molar-refractivity contribution in [2.75, 3.05) is 26.3 Å². The minimum Gasteiger partial charge on any atom is -0.481 e. The van der Waals surface area contributed by atoms with E-state index in [-0.39, 0.29) is 23.9 Å². The number of carbonyl (C=O) groups excluding carboxylic acids is 1. The number of hydrogen-bond acceptors (Lipinski definition) is 4. The summed E-state index contributed by atoms with van der Waals surface area (Å²) in [6.07, 6.45) is 0.856. The third-order valence-corrected chi connectivity index (χ3v) is 3.18. The highest BCUT2D eigenvalue weighted by Crippen LogP contribution is 2.24. The molecule has 1 aliphatic rings. The van der Waals surface area contributed by atoms with E-state index in [1.54, 1.807) is 0 Å². The summed E-state index contributed by atoms with van der Waals surface area (Å²) in [7, 11) is 0. The molecule has 1 amide bonds. The molecule has 1 fully saturated rings. The van der Waals surface area contributed by atoms with Gasteiger partial charge in [-0.3, -0.25) is 9.59 Å². The van der Waals surface area contributed by atoms with Crippen molar-refractivity contribution in [1.29, 1.82) is 0 Å². The van der Waals surface area contributed by atoms with Gasteiger partial charge in [-0.1, -0.05) is 20.8 Å². The normalized spacial score (nSPS) is 21.2. The van der Waals surface area contributed by atoms with Crippen molar-refractivity contribution in [2.24, 2.45) is 11.3 Å². The van der Waals surface area contributed by atoms with E-state index in [0.29, 0.717) is 26.1 Å². The predicted molar refractivity (Wildman–Crippen MR) is 75.4 cm³/mol. The van der Waals surface area contributed by atoms with Crippen LogP contribution in [-0.2, 0) is 14.3 Å². The summed E-state index contributed by atoms with van der Waals surface area (Å²) in [5.74, 6) is -1.54. The molecule has 1 heterocycles. The molecule has 6 heteroatoms. The third-order valence-electron chi connectivity index (χ3n) is 3.18. The topological polar surface area (TPSA) is 87.7 Å². The van der Waals surface area contributed by atoms with Gasteiger partial charge < -0.3 is 20.5 Å². The second-order valence-electron chi connectivity index (χ2n) is 6.53. The van der Waals surface area contributed by atoms with Crippen molar-refractivity contribution in [3.05, 3.63) is 0 Å². The Kier molecular flexibility index (Phi) is 6.42. The fourth-order valence-corrected chi connectivity index (χ4v) is 2.27. The fourth-order valence-electron chi connectivity index (χ4n) is 2.27. The molecule has 0 saturated carbocycles. The predicted octanol–water partition coefficient (Wildman–Crippen LogP) is 0.618. The lowest BCUT2D eigenvalue weighted by molar-refractivity contribution is -0.142. The first-order chi connectivity index (χ1) is 9.28. The smallest absolute Gasteiger partial charge is 0.308 e. The minimum atomic E-state index is -0.862. The Bertz CT molecular complexity index is 333. The maximum atomic E-state index is 11.8. The van der Waals surface area contributed by atoms with Crippen LogP contribution in [0.1, 0.15) is 33.6 Å². The molecule has 0 aromatic carbocycles. The van der Waals surface area contributed by atoms with Crippen molar-refractivity contribution in [3.63, 3.8) is 0 Å². The molecule has 20 heavy (non-hydrogen) atoms. The zero-order chi connectivity index (χ0) is 15.2. The van der Waals surface area contributed by atoms with Crippen LogP contribution in [0.3, 0.4) is 0 Å². The maximum Gasteiger partial charge on any atom is 0.308 e. The second kappa shape index (κ2) is 7.59.